The molecule has 1 heterocycles. The summed E-state index contributed by atoms with van der Waals surface area (Å²) in [5.74, 6) is 1.43. The van der Waals surface area contributed by atoms with E-state index in [2.05, 4.69) is 5.10 Å². The van der Waals surface area contributed by atoms with Gasteiger partial charge in [0.25, 0.3) is 0 Å². The Morgan fingerprint density at radius 1 is 1.29 bits per heavy atom. The van der Waals surface area contributed by atoms with Gasteiger partial charge in [-0.1, -0.05) is 18.2 Å². The van der Waals surface area contributed by atoms with Crippen molar-refractivity contribution < 1.29 is 9.84 Å². The van der Waals surface area contributed by atoms with Crippen LogP contribution in [0.1, 0.15) is 17.0 Å². The summed E-state index contributed by atoms with van der Waals surface area (Å²) < 4.78 is 7.62. The summed E-state index contributed by atoms with van der Waals surface area (Å²) in [7, 11) is 1.88. The number of hydrogen-bond acceptors (Lipinski definition) is 3. The molecular weight excluding hydrogens is 216 g/mol. The zero-order valence-electron chi connectivity index (χ0n) is 10.3. The lowest BCUT2D eigenvalue weighted by Crippen LogP contribution is -1.94. The highest BCUT2D eigenvalue weighted by molar-refractivity contribution is 5.40. The zero-order chi connectivity index (χ0) is 12.4. The van der Waals surface area contributed by atoms with Crippen LogP contribution in [0.25, 0.3) is 0 Å². The van der Waals surface area contributed by atoms with E-state index in [1.807, 2.05) is 45.2 Å². The third-order valence-corrected chi connectivity index (χ3v) is 2.80. The molecule has 0 aliphatic carbocycles. The van der Waals surface area contributed by atoms with Crippen molar-refractivity contribution in [1.82, 2.24) is 9.78 Å². The lowest BCUT2D eigenvalue weighted by atomic mass is 10.2. The van der Waals surface area contributed by atoms with Gasteiger partial charge in [-0.2, -0.15) is 5.10 Å². The van der Waals surface area contributed by atoms with Crippen LogP contribution in [0.3, 0.4) is 0 Å². The molecule has 1 N–H and O–H groups in total. The first-order chi connectivity index (χ1) is 8.13. The Bertz CT molecular complexity index is 532. The van der Waals surface area contributed by atoms with Crippen molar-refractivity contribution in [2.75, 3.05) is 0 Å². The van der Waals surface area contributed by atoms with Crippen LogP contribution in [0.4, 0.5) is 0 Å². The van der Waals surface area contributed by atoms with Crippen LogP contribution >= 0.6 is 0 Å². The van der Waals surface area contributed by atoms with Gasteiger partial charge in [-0.05, 0) is 19.9 Å². The van der Waals surface area contributed by atoms with Crippen molar-refractivity contribution in [2.45, 2.75) is 20.5 Å². The van der Waals surface area contributed by atoms with Crippen LogP contribution in [0, 0.1) is 13.8 Å². The molecule has 0 fully saturated rings. The quantitative estimate of drug-likeness (QED) is 0.883. The van der Waals surface area contributed by atoms with E-state index in [0.29, 0.717) is 5.75 Å². The predicted molar refractivity (Wildman–Crippen MR) is 65.1 cm³/mol. The number of benzene rings is 1. The minimum absolute atomic E-state index is 0.0332. The van der Waals surface area contributed by atoms with E-state index in [-0.39, 0.29) is 6.61 Å². The van der Waals surface area contributed by atoms with Gasteiger partial charge in [0.1, 0.15) is 11.4 Å². The van der Waals surface area contributed by atoms with E-state index in [1.165, 1.54) is 0 Å². The summed E-state index contributed by atoms with van der Waals surface area (Å²) in [5, 5.41) is 13.5. The summed E-state index contributed by atoms with van der Waals surface area (Å²) in [6, 6.07) is 7.45. The minimum Gasteiger partial charge on any atom is -0.453 e. The highest BCUT2D eigenvalue weighted by atomic mass is 16.5. The van der Waals surface area contributed by atoms with Crippen LogP contribution in [0.2, 0.25) is 0 Å². The summed E-state index contributed by atoms with van der Waals surface area (Å²) >= 11 is 0. The molecular formula is C13H16N2O2. The number of aromatic nitrogens is 2. The van der Waals surface area contributed by atoms with Crippen molar-refractivity contribution in [3.8, 4) is 11.5 Å². The molecule has 0 spiro atoms. The van der Waals surface area contributed by atoms with E-state index in [1.54, 1.807) is 4.68 Å². The van der Waals surface area contributed by atoms with Crippen molar-refractivity contribution in [3.63, 3.8) is 0 Å². The van der Waals surface area contributed by atoms with Crippen molar-refractivity contribution in [2.24, 2.45) is 7.05 Å². The molecule has 4 heteroatoms. The van der Waals surface area contributed by atoms with Gasteiger partial charge in [0.05, 0.1) is 12.3 Å². The third kappa shape index (κ3) is 2.17. The van der Waals surface area contributed by atoms with Crippen LogP contribution in [-0.2, 0) is 13.7 Å². The molecule has 0 unspecified atom stereocenters. The Hall–Kier alpha value is -1.81. The second-order valence-electron chi connectivity index (χ2n) is 3.99. The van der Waals surface area contributed by atoms with Crippen LogP contribution < -0.4 is 4.74 Å². The largest absolute Gasteiger partial charge is 0.453 e. The maximum absolute atomic E-state index is 9.24. The van der Waals surface area contributed by atoms with Gasteiger partial charge in [-0.25, -0.2) is 0 Å². The normalized spacial score (nSPS) is 10.6. The zero-order valence-corrected chi connectivity index (χ0v) is 10.3. The molecule has 2 rings (SSSR count). The number of rotatable bonds is 3. The van der Waals surface area contributed by atoms with E-state index in [0.717, 1.165) is 22.7 Å². The fraction of sp³-hybridized carbons (Fsp3) is 0.308. The maximum Gasteiger partial charge on any atom is 0.171 e. The topological polar surface area (TPSA) is 47.3 Å². The first kappa shape index (κ1) is 11.7. The molecule has 17 heavy (non-hydrogen) atoms. The van der Waals surface area contributed by atoms with E-state index >= 15 is 0 Å². The third-order valence-electron chi connectivity index (χ3n) is 2.80. The second kappa shape index (κ2) is 4.59. The predicted octanol–water partition coefficient (Wildman–Crippen LogP) is 2.32. The Morgan fingerprint density at radius 3 is 2.59 bits per heavy atom. The van der Waals surface area contributed by atoms with Gasteiger partial charge < -0.3 is 9.84 Å². The molecule has 0 amide bonds. The smallest absolute Gasteiger partial charge is 0.171 e. The van der Waals surface area contributed by atoms with Gasteiger partial charge >= 0.3 is 0 Å². The number of ether oxygens (including phenoxy) is 1. The number of para-hydroxylation sites is 1. The highest BCUT2D eigenvalue weighted by Crippen LogP contribution is 2.30. The van der Waals surface area contributed by atoms with Crippen LogP contribution in [-0.4, -0.2) is 14.9 Å². The Kier molecular flexibility index (Phi) is 3.15. The summed E-state index contributed by atoms with van der Waals surface area (Å²) in [4.78, 5) is 0. The fourth-order valence-electron chi connectivity index (χ4n) is 1.75. The molecule has 1 aromatic carbocycles. The average Bonchev–Trinajstić information content (AvgIpc) is 2.57. The summed E-state index contributed by atoms with van der Waals surface area (Å²) in [6.07, 6.45) is 0. The highest BCUT2D eigenvalue weighted by Gasteiger charge is 2.13. The van der Waals surface area contributed by atoms with Crippen LogP contribution in [0.15, 0.2) is 24.3 Å². The molecule has 1 aromatic heterocycles. The van der Waals surface area contributed by atoms with Crippen molar-refractivity contribution >= 4 is 0 Å². The number of nitrogens with zero attached hydrogens (tertiary/aromatic N) is 2. The lowest BCUT2D eigenvalue weighted by molar-refractivity contribution is 0.276. The number of aliphatic hydroxyl groups excluding tert-OH is 1. The van der Waals surface area contributed by atoms with E-state index < -0.39 is 0 Å². The molecule has 90 valence electrons. The van der Waals surface area contributed by atoms with Crippen molar-refractivity contribution in [1.29, 1.82) is 0 Å². The molecule has 0 bridgehead atoms. The Morgan fingerprint density at radius 2 is 2.00 bits per heavy atom. The summed E-state index contributed by atoms with van der Waals surface area (Å²) in [5.41, 5.74) is 2.59. The Labute approximate surface area is 100 Å². The number of hydrogen-bond donors (Lipinski definition) is 1. The van der Waals surface area contributed by atoms with Gasteiger partial charge in [0.2, 0.25) is 0 Å². The molecule has 0 aliphatic heterocycles. The van der Waals surface area contributed by atoms with Gasteiger partial charge in [0, 0.05) is 12.6 Å². The molecule has 2 aromatic rings. The fourth-order valence-corrected chi connectivity index (χ4v) is 1.75. The molecule has 0 saturated heterocycles. The molecule has 0 atom stereocenters. The standard InChI is InChI=1S/C13H16N2O2/c1-9-13(10(2)15(3)14-9)17-12-7-5-4-6-11(12)8-16/h4-7,16H,8H2,1-3H3. The first-order valence-electron chi connectivity index (χ1n) is 5.50. The first-order valence-corrected chi connectivity index (χ1v) is 5.50. The summed E-state index contributed by atoms with van der Waals surface area (Å²) in [6.45, 7) is 3.83. The average molecular weight is 232 g/mol. The van der Waals surface area contributed by atoms with E-state index in [4.69, 9.17) is 4.74 Å². The Balaban J connectivity index is 2.38. The SMILES string of the molecule is Cc1nn(C)c(C)c1Oc1ccccc1CO. The van der Waals surface area contributed by atoms with Gasteiger partial charge in [-0.15, -0.1) is 0 Å². The maximum atomic E-state index is 9.24. The molecule has 4 nitrogen and oxygen atoms in total. The molecule has 0 saturated carbocycles. The van der Waals surface area contributed by atoms with Gasteiger partial charge in [0.15, 0.2) is 5.75 Å². The molecule has 0 aliphatic rings. The monoisotopic (exact) mass is 232 g/mol. The number of aryl methyl sites for hydroxylation is 2. The van der Waals surface area contributed by atoms with Gasteiger partial charge in [-0.3, -0.25) is 4.68 Å². The lowest BCUT2D eigenvalue weighted by Gasteiger charge is -2.09. The van der Waals surface area contributed by atoms with Crippen molar-refractivity contribution in [3.05, 3.63) is 41.2 Å². The molecule has 0 radical (unpaired) electrons. The second-order valence-corrected chi connectivity index (χ2v) is 3.99. The number of aliphatic hydroxyl groups is 1. The van der Waals surface area contributed by atoms with Crippen LogP contribution in [0.5, 0.6) is 11.5 Å². The minimum atomic E-state index is -0.0332. The van der Waals surface area contributed by atoms with E-state index in [9.17, 15) is 5.11 Å².